The molecule has 0 heterocycles. The molecule has 0 radical (unpaired) electrons. The number of rotatable bonds is 3. The van der Waals surface area contributed by atoms with Crippen LogP contribution in [0, 0.1) is 0 Å². The maximum absolute atomic E-state index is 5.19. The summed E-state index contributed by atoms with van der Waals surface area (Å²) in [4.78, 5) is 0. The molecule has 70 valence electrons. The fourth-order valence-corrected chi connectivity index (χ4v) is 1.42. The Morgan fingerprint density at radius 3 is 2.54 bits per heavy atom. The first kappa shape index (κ1) is 10.4. The van der Waals surface area contributed by atoms with Gasteiger partial charge in [0.2, 0.25) is 0 Å². The molecule has 0 atom stereocenters. The predicted octanol–water partition coefficient (Wildman–Crippen LogP) is 3.11. The molecular formula is C10H11IO2. The fraction of sp³-hybridized carbons (Fsp3) is 0.200. The number of hydrogen-bond donors (Lipinski definition) is 0. The molecule has 0 N–H and O–H groups in total. The number of benzene rings is 1. The predicted molar refractivity (Wildman–Crippen MR) is 62.6 cm³/mol. The molecule has 0 spiro atoms. The van der Waals surface area contributed by atoms with Crippen LogP contribution in [0.15, 0.2) is 22.3 Å². The first-order valence-corrected chi connectivity index (χ1v) is 5.05. The molecule has 0 aliphatic heterocycles. The third-order valence-electron chi connectivity index (χ3n) is 1.68. The Balaban J connectivity index is 3.09. The van der Waals surface area contributed by atoms with Gasteiger partial charge in [-0.25, -0.2) is 0 Å². The normalized spacial score (nSPS) is 10.4. The Bertz CT molecular complexity index is 308. The van der Waals surface area contributed by atoms with E-state index in [2.05, 4.69) is 22.6 Å². The monoisotopic (exact) mass is 290 g/mol. The van der Waals surface area contributed by atoms with Gasteiger partial charge in [0.1, 0.15) is 11.5 Å². The first-order chi connectivity index (χ1) is 6.31. The van der Waals surface area contributed by atoms with Crippen molar-refractivity contribution < 1.29 is 9.47 Å². The fourth-order valence-electron chi connectivity index (χ4n) is 1.04. The highest BCUT2D eigenvalue weighted by atomic mass is 127. The number of halogens is 1. The van der Waals surface area contributed by atoms with Gasteiger partial charge in [0, 0.05) is 5.56 Å². The van der Waals surface area contributed by atoms with Crippen molar-refractivity contribution in [2.24, 2.45) is 0 Å². The van der Waals surface area contributed by atoms with E-state index in [1.54, 1.807) is 14.2 Å². The largest absolute Gasteiger partial charge is 0.497 e. The lowest BCUT2D eigenvalue weighted by molar-refractivity contribution is 0.402. The van der Waals surface area contributed by atoms with Gasteiger partial charge in [0.05, 0.1) is 14.2 Å². The minimum absolute atomic E-state index is 0.838. The van der Waals surface area contributed by atoms with Gasteiger partial charge >= 0.3 is 0 Å². The Hall–Kier alpha value is -0.710. The zero-order valence-electron chi connectivity index (χ0n) is 7.58. The third-order valence-corrected chi connectivity index (χ3v) is 2.04. The minimum atomic E-state index is 0.838. The number of methoxy groups -OCH3 is 2. The summed E-state index contributed by atoms with van der Waals surface area (Å²) in [6, 6.07) is 5.71. The van der Waals surface area contributed by atoms with Crippen molar-refractivity contribution in [3.8, 4) is 11.5 Å². The highest BCUT2D eigenvalue weighted by Crippen LogP contribution is 2.25. The highest BCUT2D eigenvalue weighted by Gasteiger charge is 2.00. The maximum Gasteiger partial charge on any atom is 0.126 e. The lowest BCUT2D eigenvalue weighted by Crippen LogP contribution is -1.88. The Morgan fingerprint density at radius 2 is 2.00 bits per heavy atom. The van der Waals surface area contributed by atoms with Gasteiger partial charge in [-0.2, -0.15) is 0 Å². The molecule has 1 aromatic carbocycles. The van der Waals surface area contributed by atoms with Crippen LogP contribution in [0.5, 0.6) is 11.5 Å². The SMILES string of the molecule is COc1ccc(OC)c(/C=C\I)c1. The van der Waals surface area contributed by atoms with E-state index in [9.17, 15) is 0 Å². The van der Waals surface area contributed by atoms with Crippen LogP contribution in [0.3, 0.4) is 0 Å². The lowest BCUT2D eigenvalue weighted by Gasteiger charge is -2.06. The van der Waals surface area contributed by atoms with Gasteiger partial charge in [0.15, 0.2) is 0 Å². The van der Waals surface area contributed by atoms with E-state index in [1.807, 2.05) is 28.4 Å². The summed E-state index contributed by atoms with van der Waals surface area (Å²) in [5, 5.41) is 0. The van der Waals surface area contributed by atoms with Crippen LogP contribution < -0.4 is 9.47 Å². The van der Waals surface area contributed by atoms with Gasteiger partial charge in [-0.3, -0.25) is 0 Å². The summed E-state index contributed by atoms with van der Waals surface area (Å²) >= 11 is 2.17. The van der Waals surface area contributed by atoms with Crippen molar-refractivity contribution in [2.75, 3.05) is 14.2 Å². The summed E-state index contributed by atoms with van der Waals surface area (Å²) < 4.78 is 12.2. The molecular weight excluding hydrogens is 279 g/mol. The van der Waals surface area contributed by atoms with E-state index in [0.29, 0.717) is 0 Å². The quantitative estimate of drug-likeness (QED) is 0.796. The van der Waals surface area contributed by atoms with Crippen molar-refractivity contribution in [1.29, 1.82) is 0 Å². The van der Waals surface area contributed by atoms with Crippen LogP contribution in [0.4, 0.5) is 0 Å². The molecule has 13 heavy (non-hydrogen) atoms. The molecule has 1 aromatic rings. The molecule has 2 nitrogen and oxygen atoms in total. The summed E-state index contributed by atoms with van der Waals surface area (Å²) in [7, 11) is 3.31. The molecule has 0 unspecified atom stereocenters. The van der Waals surface area contributed by atoms with Crippen LogP contribution in [-0.2, 0) is 0 Å². The van der Waals surface area contributed by atoms with Crippen molar-refractivity contribution in [2.45, 2.75) is 0 Å². The Kier molecular flexibility index (Phi) is 4.08. The van der Waals surface area contributed by atoms with Gasteiger partial charge < -0.3 is 9.47 Å². The average molecular weight is 290 g/mol. The molecule has 0 bridgehead atoms. The summed E-state index contributed by atoms with van der Waals surface area (Å²) in [6.07, 6.45) is 1.97. The molecule has 0 saturated heterocycles. The molecule has 0 fully saturated rings. The molecule has 0 aliphatic carbocycles. The first-order valence-electron chi connectivity index (χ1n) is 3.80. The molecule has 0 saturated carbocycles. The lowest BCUT2D eigenvalue weighted by atomic mass is 10.2. The van der Waals surface area contributed by atoms with E-state index >= 15 is 0 Å². The van der Waals surface area contributed by atoms with E-state index in [-0.39, 0.29) is 0 Å². The third kappa shape index (κ3) is 2.62. The van der Waals surface area contributed by atoms with Gasteiger partial charge in [0.25, 0.3) is 0 Å². The van der Waals surface area contributed by atoms with Crippen LogP contribution in [0.2, 0.25) is 0 Å². The molecule has 0 aromatic heterocycles. The van der Waals surface area contributed by atoms with Crippen molar-refractivity contribution in [1.82, 2.24) is 0 Å². The summed E-state index contributed by atoms with van der Waals surface area (Å²) in [6.45, 7) is 0. The second-order valence-electron chi connectivity index (χ2n) is 2.40. The Morgan fingerprint density at radius 1 is 1.23 bits per heavy atom. The number of ether oxygens (including phenoxy) is 2. The van der Waals surface area contributed by atoms with Crippen LogP contribution in [0.1, 0.15) is 5.56 Å². The zero-order chi connectivity index (χ0) is 9.68. The van der Waals surface area contributed by atoms with Crippen LogP contribution >= 0.6 is 22.6 Å². The maximum atomic E-state index is 5.19. The van der Waals surface area contributed by atoms with E-state index < -0.39 is 0 Å². The standard InChI is InChI=1S/C10H11IO2/c1-12-9-3-4-10(13-2)8(7-9)5-6-11/h3-7H,1-2H3/b6-5-. The second-order valence-corrected chi connectivity index (χ2v) is 3.12. The van der Waals surface area contributed by atoms with Crippen molar-refractivity contribution >= 4 is 28.7 Å². The van der Waals surface area contributed by atoms with E-state index in [4.69, 9.17) is 9.47 Å². The topological polar surface area (TPSA) is 18.5 Å². The van der Waals surface area contributed by atoms with Gasteiger partial charge in [-0.1, -0.05) is 22.6 Å². The van der Waals surface area contributed by atoms with Crippen LogP contribution in [0.25, 0.3) is 6.08 Å². The smallest absolute Gasteiger partial charge is 0.126 e. The van der Waals surface area contributed by atoms with Crippen molar-refractivity contribution in [3.05, 3.63) is 27.8 Å². The Labute approximate surface area is 91.7 Å². The van der Waals surface area contributed by atoms with Gasteiger partial charge in [-0.05, 0) is 28.4 Å². The van der Waals surface area contributed by atoms with Gasteiger partial charge in [-0.15, -0.1) is 0 Å². The second kappa shape index (κ2) is 5.11. The highest BCUT2D eigenvalue weighted by molar-refractivity contribution is 14.1. The molecule has 0 amide bonds. The number of hydrogen-bond acceptors (Lipinski definition) is 2. The molecule has 1 rings (SSSR count). The van der Waals surface area contributed by atoms with E-state index in [1.165, 1.54) is 0 Å². The molecule has 0 aliphatic rings. The molecule has 3 heteroatoms. The average Bonchev–Trinajstić information content (AvgIpc) is 2.18. The van der Waals surface area contributed by atoms with E-state index in [0.717, 1.165) is 17.1 Å². The summed E-state index contributed by atoms with van der Waals surface area (Å²) in [5.74, 6) is 1.69. The summed E-state index contributed by atoms with van der Waals surface area (Å²) in [5.41, 5.74) is 1.02. The zero-order valence-corrected chi connectivity index (χ0v) is 9.74. The van der Waals surface area contributed by atoms with Crippen molar-refractivity contribution in [3.63, 3.8) is 0 Å². The minimum Gasteiger partial charge on any atom is -0.497 e. The van der Waals surface area contributed by atoms with Crippen LogP contribution in [-0.4, -0.2) is 14.2 Å².